The zero-order valence-corrected chi connectivity index (χ0v) is 45.8. The average molecular weight is 1100 g/mol. The van der Waals surface area contributed by atoms with Gasteiger partial charge in [0.25, 0.3) is 0 Å². The van der Waals surface area contributed by atoms with E-state index in [4.69, 9.17) is 37.9 Å². The molecule has 0 aromatic rings. The quantitative estimate of drug-likeness (QED) is 0.0649. The first-order valence-corrected chi connectivity index (χ1v) is 28.2. The molecule has 4 aliphatic heterocycles. The first-order chi connectivity index (χ1) is 36.1. The van der Waals surface area contributed by atoms with Gasteiger partial charge in [-0.2, -0.15) is 0 Å². The Morgan fingerprint density at radius 2 is 1.18 bits per heavy atom. The van der Waals surface area contributed by atoms with Gasteiger partial charge in [0.15, 0.2) is 18.9 Å². The summed E-state index contributed by atoms with van der Waals surface area (Å²) in [6.45, 7) is 14.7. The van der Waals surface area contributed by atoms with Crippen LogP contribution < -0.4 is 0 Å². The van der Waals surface area contributed by atoms with Crippen LogP contribution in [0.25, 0.3) is 0 Å². The summed E-state index contributed by atoms with van der Waals surface area (Å²) in [4.78, 5) is 15.2. The Balaban J connectivity index is 0.899. The van der Waals surface area contributed by atoms with E-state index in [1.54, 1.807) is 13.8 Å². The maximum atomic E-state index is 15.2. The van der Waals surface area contributed by atoms with Crippen molar-refractivity contribution in [2.45, 2.75) is 242 Å². The zero-order chi connectivity index (χ0) is 56.3. The summed E-state index contributed by atoms with van der Waals surface area (Å²) in [5.41, 5.74) is -1.64. The topological polar surface area (TPSA) is 354 Å². The molecule has 4 heterocycles. The van der Waals surface area contributed by atoms with Crippen molar-refractivity contribution in [1.82, 2.24) is 0 Å². The standard InChI is InChI=1S/C55H90O22/c1-24-25(2)71-46(40(65)34(24)59)76-44-29(21-57)73-45(43(68)39(44)64)70-22-30-36(61)38(63)42(67)48(74-30)77-49(69)55-17-15-50(3,4)19-27(55)26-9-10-32-51(5)13-12-33(75-47-41(66)37(62)35(60)28(20-56)72-47)52(6,23-58)31(51)11-14-54(32,8)53(26,7)16-18-55/h9,24-25,27-48,56-68H,10-23H2,1-8H3. The molecule has 9 rings (SSSR count). The van der Waals surface area contributed by atoms with E-state index in [2.05, 4.69) is 40.7 Å². The maximum Gasteiger partial charge on any atom is 0.315 e. The molecule has 29 unspecified atom stereocenters. The third-order valence-electron chi connectivity index (χ3n) is 22.0. The number of carbonyl (C=O) groups excluding carboxylic acids is 1. The molecule has 9 aliphatic rings. The van der Waals surface area contributed by atoms with Crippen LogP contribution >= 0.6 is 0 Å². The minimum atomic E-state index is -1.87. The van der Waals surface area contributed by atoms with E-state index in [-0.39, 0.29) is 46.0 Å². The lowest BCUT2D eigenvalue weighted by Crippen LogP contribution is -2.67. The van der Waals surface area contributed by atoms with Crippen LogP contribution in [0.4, 0.5) is 0 Å². The number of carbonyl (C=O) groups is 1. The number of hydrogen-bond donors (Lipinski definition) is 13. The van der Waals surface area contributed by atoms with Gasteiger partial charge in [-0.15, -0.1) is 0 Å². The zero-order valence-electron chi connectivity index (χ0n) is 45.8. The number of ether oxygens (including phenoxy) is 8. The molecule has 4 saturated heterocycles. The summed E-state index contributed by atoms with van der Waals surface area (Å²) in [5.74, 6) is -1.15. The van der Waals surface area contributed by atoms with Crippen LogP contribution in [-0.4, -0.2) is 222 Å². The Morgan fingerprint density at radius 3 is 1.84 bits per heavy atom. The average Bonchev–Trinajstić information content (AvgIpc) is 3.53. The van der Waals surface area contributed by atoms with Crippen LogP contribution in [-0.2, 0) is 42.7 Å². The smallest absolute Gasteiger partial charge is 0.315 e. The molecule has 0 aromatic heterocycles. The molecule has 13 N–H and O–H groups in total. The van der Waals surface area contributed by atoms with Crippen LogP contribution in [0.2, 0.25) is 0 Å². The van der Waals surface area contributed by atoms with E-state index >= 15 is 4.79 Å². The van der Waals surface area contributed by atoms with Crippen molar-refractivity contribution in [2.24, 2.45) is 56.2 Å². The molecule has 0 spiro atoms. The van der Waals surface area contributed by atoms with Gasteiger partial charge in [0.2, 0.25) is 6.29 Å². The molecule has 4 saturated carbocycles. The van der Waals surface area contributed by atoms with Gasteiger partial charge in [0, 0.05) is 11.3 Å². The first-order valence-electron chi connectivity index (χ1n) is 28.2. The van der Waals surface area contributed by atoms with Crippen molar-refractivity contribution < 1.29 is 109 Å². The Morgan fingerprint density at radius 1 is 0.597 bits per heavy atom. The number of esters is 1. The van der Waals surface area contributed by atoms with Gasteiger partial charge < -0.3 is 104 Å². The fourth-order valence-corrected chi connectivity index (χ4v) is 16.5. The minimum absolute atomic E-state index is 0.0185. The lowest BCUT2D eigenvalue weighted by Gasteiger charge is -2.71. The van der Waals surface area contributed by atoms with Gasteiger partial charge in [0.05, 0.1) is 50.2 Å². The second kappa shape index (κ2) is 21.9. The van der Waals surface area contributed by atoms with Gasteiger partial charge in [0.1, 0.15) is 79.4 Å². The normalized spacial score (nSPS) is 54.7. The number of aliphatic hydroxyl groups is 13. The minimum Gasteiger partial charge on any atom is -0.432 e. The van der Waals surface area contributed by atoms with Crippen LogP contribution in [0.3, 0.4) is 0 Å². The van der Waals surface area contributed by atoms with Crippen LogP contribution in [0, 0.1) is 56.2 Å². The summed E-state index contributed by atoms with van der Waals surface area (Å²) >= 11 is 0. The van der Waals surface area contributed by atoms with E-state index in [0.29, 0.717) is 38.5 Å². The van der Waals surface area contributed by atoms with Crippen LogP contribution in [0.15, 0.2) is 11.6 Å². The second-order valence-electron chi connectivity index (χ2n) is 26.5. The predicted octanol–water partition coefficient (Wildman–Crippen LogP) is -0.760. The van der Waals surface area contributed by atoms with Crippen LogP contribution in [0.5, 0.6) is 0 Å². The number of hydrogen-bond acceptors (Lipinski definition) is 22. The summed E-state index contributed by atoms with van der Waals surface area (Å²) in [5, 5.41) is 141. The van der Waals surface area contributed by atoms with Crippen LogP contribution in [0.1, 0.15) is 120 Å². The third kappa shape index (κ3) is 9.81. The molecule has 29 atom stereocenters. The van der Waals surface area contributed by atoms with E-state index in [1.165, 1.54) is 5.57 Å². The lowest BCUT2D eigenvalue weighted by atomic mass is 9.33. The summed E-state index contributed by atoms with van der Waals surface area (Å²) in [6.07, 6.45) is -20.3. The Hall–Kier alpha value is -1.59. The molecular formula is C55H90O22. The highest BCUT2D eigenvalue weighted by atomic mass is 16.8. The maximum absolute atomic E-state index is 15.2. The second-order valence-corrected chi connectivity index (χ2v) is 26.5. The highest BCUT2D eigenvalue weighted by Gasteiger charge is 2.71. The number of fused-ring (bicyclic) bond motifs is 7. The van der Waals surface area contributed by atoms with E-state index in [1.807, 2.05) is 6.92 Å². The summed E-state index contributed by atoms with van der Waals surface area (Å²) in [6, 6.07) is 0. The van der Waals surface area contributed by atoms with Gasteiger partial charge >= 0.3 is 5.97 Å². The number of allylic oxidation sites excluding steroid dienone is 2. The number of rotatable bonds is 12. The molecule has 77 heavy (non-hydrogen) atoms. The molecule has 0 radical (unpaired) electrons. The molecule has 0 amide bonds. The fraction of sp³-hybridized carbons (Fsp3) is 0.945. The van der Waals surface area contributed by atoms with E-state index in [9.17, 15) is 66.4 Å². The van der Waals surface area contributed by atoms with Crippen molar-refractivity contribution in [3.8, 4) is 0 Å². The lowest BCUT2D eigenvalue weighted by molar-refractivity contribution is -0.359. The molecule has 22 heteroatoms. The highest BCUT2D eigenvalue weighted by Crippen LogP contribution is 2.76. The third-order valence-corrected chi connectivity index (χ3v) is 22.0. The van der Waals surface area contributed by atoms with Crippen molar-refractivity contribution in [1.29, 1.82) is 0 Å². The fourth-order valence-electron chi connectivity index (χ4n) is 16.5. The number of aliphatic hydroxyl groups excluding tert-OH is 13. The Labute approximate surface area is 450 Å². The summed E-state index contributed by atoms with van der Waals surface area (Å²) < 4.78 is 47.6. The molecule has 0 aromatic carbocycles. The molecule has 8 fully saturated rings. The van der Waals surface area contributed by atoms with Gasteiger partial charge in [-0.3, -0.25) is 4.79 Å². The monoisotopic (exact) mass is 1100 g/mol. The van der Waals surface area contributed by atoms with Gasteiger partial charge in [-0.05, 0) is 111 Å². The van der Waals surface area contributed by atoms with Gasteiger partial charge in [-0.1, -0.05) is 60.1 Å². The van der Waals surface area contributed by atoms with Crippen molar-refractivity contribution in [2.75, 3.05) is 26.4 Å². The van der Waals surface area contributed by atoms with Crippen molar-refractivity contribution in [3.63, 3.8) is 0 Å². The largest absolute Gasteiger partial charge is 0.432 e. The predicted molar refractivity (Wildman–Crippen MR) is 266 cm³/mol. The van der Waals surface area contributed by atoms with Gasteiger partial charge in [-0.25, -0.2) is 0 Å². The van der Waals surface area contributed by atoms with Crippen molar-refractivity contribution in [3.05, 3.63) is 11.6 Å². The highest BCUT2D eigenvalue weighted by molar-refractivity contribution is 5.79. The molecule has 5 aliphatic carbocycles. The molecule has 22 nitrogen and oxygen atoms in total. The SMILES string of the molecule is CC1OC(OC2C(CO)OC(OCC3OC(OC(=O)C45CCC(C)(C)CC4C4=CCC6C7(C)CCC(OC8OC(CO)C(O)C(O)C8O)C(C)(CO)C7CCC6(C)C4(C)CC5)C(O)C(O)C3O)C(O)C2O)C(O)C(O)C1C. The van der Waals surface area contributed by atoms with Crippen molar-refractivity contribution >= 4 is 5.97 Å². The summed E-state index contributed by atoms with van der Waals surface area (Å²) in [7, 11) is 0. The molecular weight excluding hydrogens is 1010 g/mol. The molecule has 0 bridgehead atoms. The first kappa shape index (κ1) is 60.0. The Bertz CT molecular complexity index is 2110. The van der Waals surface area contributed by atoms with E-state index in [0.717, 1.165) is 25.7 Å². The molecule has 442 valence electrons. The van der Waals surface area contributed by atoms with E-state index < -0.39 is 165 Å². The Kier molecular flexibility index (Phi) is 17.0.